The van der Waals surface area contributed by atoms with Crippen molar-refractivity contribution in [3.8, 4) is 0 Å². The van der Waals surface area contributed by atoms with Gasteiger partial charge < -0.3 is 5.11 Å². The van der Waals surface area contributed by atoms with Gasteiger partial charge in [0.25, 0.3) is 0 Å². The molecule has 1 rings (SSSR count). The quantitative estimate of drug-likeness (QED) is 0.904. The van der Waals surface area contributed by atoms with Crippen LogP contribution in [0, 0.1) is 0 Å². The topological polar surface area (TPSA) is 71.4 Å². The van der Waals surface area contributed by atoms with Gasteiger partial charge in [0.1, 0.15) is 0 Å². The van der Waals surface area contributed by atoms with Crippen molar-refractivity contribution in [3.63, 3.8) is 0 Å². The Morgan fingerprint density at radius 2 is 1.94 bits per heavy atom. The number of carboxylic acid groups (broad SMARTS) is 1. The molecule has 0 fully saturated rings. The Kier molecular flexibility index (Phi) is 3.30. The van der Waals surface area contributed by atoms with Gasteiger partial charge in [0.05, 0.1) is 4.90 Å². The van der Waals surface area contributed by atoms with Crippen LogP contribution in [-0.2, 0) is 14.6 Å². The predicted octanol–water partition coefficient (Wildman–Crippen LogP) is 1.98. The maximum Gasteiger partial charge on any atom is 0.324 e. The number of sulfone groups is 1. The summed E-state index contributed by atoms with van der Waals surface area (Å²) in [4.78, 5) is 10.8. The third-order valence-electron chi connectivity index (χ3n) is 2.29. The standard InChI is InChI=1S/C10H11ClO4S/c1-10(2,9(12)13)16(14,15)8-5-3-4-7(11)6-8/h3-6H,1-2H3,(H,12,13). The van der Waals surface area contributed by atoms with Gasteiger partial charge in [-0.1, -0.05) is 17.7 Å². The molecule has 0 spiro atoms. The lowest BCUT2D eigenvalue weighted by molar-refractivity contribution is -0.139. The largest absolute Gasteiger partial charge is 0.480 e. The first-order valence-corrected chi connectivity index (χ1v) is 6.29. The molecule has 0 aliphatic heterocycles. The molecular formula is C10H11ClO4S. The van der Waals surface area contributed by atoms with Crippen LogP contribution >= 0.6 is 11.6 Å². The molecule has 0 unspecified atom stereocenters. The lowest BCUT2D eigenvalue weighted by atomic mass is 10.2. The summed E-state index contributed by atoms with van der Waals surface area (Å²) in [5.74, 6) is -1.40. The van der Waals surface area contributed by atoms with E-state index in [2.05, 4.69) is 0 Å². The number of halogens is 1. The van der Waals surface area contributed by atoms with Crippen molar-refractivity contribution in [3.05, 3.63) is 29.3 Å². The fourth-order valence-electron chi connectivity index (χ4n) is 1.04. The minimum absolute atomic E-state index is 0.0904. The van der Waals surface area contributed by atoms with E-state index < -0.39 is 20.6 Å². The van der Waals surface area contributed by atoms with Crippen LogP contribution < -0.4 is 0 Å². The summed E-state index contributed by atoms with van der Waals surface area (Å²) in [7, 11) is -3.94. The van der Waals surface area contributed by atoms with E-state index in [1.165, 1.54) is 24.3 Å². The van der Waals surface area contributed by atoms with Crippen molar-refractivity contribution < 1.29 is 18.3 Å². The summed E-state index contributed by atoms with van der Waals surface area (Å²) >= 11 is 5.67. The van der Waals surface area contributed by atoms with Crippen LogP contribution in [0.15, 0.2) is 29.2 Å². The molecule has 0 amide bonds. The van der Waals surface area contributed by atoms with Gasteiger partial charge in [-0.25, -0.2) is 8.42 Å². The predicted molar refractivity (Wildman–Crippen MR) is 60.4 cm³/mol. The van der Waals surface area contributed by atoms with Gasteiger partial charge in [-0.3, -0.25) is 4.79 Å². The van der Waals surface area contributed by atoms with Crippen LogP contribution in [0.2, 0.25) is 5.02 Å². The number of benzene rings is 1. The third kappa shape index (κ3) is 2.05. The molecule has 0 aliphatic rings. The number of hydrogen-bond acceptors (Lipinski definition) is 3. The first kappa shape index (κ1) is 13.0. The molecule has 1 aromatic carbocycles. The van der Waals surface area contributed by atoms with E-state index in [1.807, 2.05) is 0 Å². The zero-order chi connectivity index (χ0) is 12.6. The van der Waals surface area contributed by atoms with Gasteiger partial charge in [-0.05, 0) is 32.0 Å². The van der Waals surface area contributed by atoms with E-state index in [1.54, 1.807) is 0 Å². The fourth-order valence-corrected chi connectivity index (χ4v) is 2.66. The molecule has 0 radical (unpaired) electrons. The van der Waals surface area contributed by atoms with Crippen LogP contribution in [-0.4, -0.2) is 24.2 Å². The molecule has 0 aromatic heterocycles. The smallest absolute Gasteiger partial charge is 0.324 e. The molecule has 4 nitrogen and oxygen atoms in total. The zero-order valence-corrected chi connectivity index (χ0v) is 10.3. The summed E-state index contributed by atoms with van der Waals surface area (Å²) in [5, 5.41) is 9.15. The summed E-state index contributed by atoms with van der Waals surface area (Å²) in [6.45, 7) is 2.29. The fraction of sp³-hybridized carbons (Fsp3) is 0.300. The summed E-state index contributed by atoms with van der Waals surface area (Å²) in [6.07, 6.45) is 0. The van der Waals surface area contributed by atoms with Crippen LogP contribution in [0.4, 0.5) is 0 Å². The minimum Gasteiger partial charge on any atom is -0.480 e. The number of hydrogen-bond donors (Lipinski definition) is 1. The highest BCUT2D eigenvalue weighted by molar-refractivity contribution is 7.93. The second kappa shape index (κ2) is 4.07. The Hall–Kier alpha value is -1.07. The van der Waals surface area contributed by atoms with E-state index in [0.29, 0.717) is 0 Å². The third-order valence-corrected chi connectivity index (χ3v) is 4.92. The number of carbonyl (C=O) groups is 1. The molecule has 16 heavy (non-hydrogen) atoms. The van der Waals surface area contributed by atoms with Gasteiger partial charge >= 0.3 is 5.97 Å². The zero-order valence-electron chi connectivity index (χ0n) is 8.77. The molecular weight excluding hydrogens is 252 g/mol. The van der Waals surface area contributed by atoms with E-state index in [9.17, 15) is 13.2 Å². The van der Waals surface area contributed by atoms with Crippen LogP contribution in [0.3, 0.4) is 0 Å². The highest BCUT2D eigenvalue weighted by atomic mass is 35.5. The van der Waals surface area contributed by atoms with Crippen molar-refractivity contribution in [2.45, 2.75) is 23.5 Å². The summed E-state index contributed by atoms with van der Waals surface area (Å²) < 4.78 is 22.1. The van der Waals surface area contributed by atoms with E-state index in [-0.39, 0.29) is 9.92 Å². The highest BCUT2D eigenvalue weighted by Crippen LogP contribution is 2.27. The molecule has 88 valence electrons. The van der Waals surface area contributed by atoms with Crippen molar-refractivity contribution in [1.82, 2.24) is 0 Å². The molecule has 0 aliphatic carbocycles. The molecule has 0 atom stereocenters. The van der Waals surface area contributed by atoms with Crippen LogP contribution in [0.1, 0.15) is 13.8 Å². The number of rotatable bonds is 3. The van der Waals surface area contributed by atoms with Crippen molar-refractivity contribution in [2.24, 2.45) is 0 Å². The van der Waals surface area contributed by atoms with E-state index in [4.69, 9.17) is 16.7 Å². The molecule has 1 aromatic rings. The van der Waals surface area contributed by atoms with Gasteiger partial charge in [-0.2, -0.15) is 0 Å². The molecule has 0 heterocycles. The Labute approximate surface area is 98.8 Å². The summed E-state index contributed by atoms with van der Waals surface area (Å²) in [5.41, 5.74) is 0. The number of aliphatic carboxylic acids is 1. The normalized spacial score (nSPS) is 12.4. The van der Waals surface area contributed by atoms with Crippen molar-refractivity contribution in [1.29, 1.82) is 0 Å². The van der Waals surface area contributed by atoms with E-state index >= 15 is 0 Å². The van der Waals surface area contributed by atoms with Gasteiger partial charge in [0, 0.05) is 5.02 Å². The van der Waals surface area contributed by atoms with Crippen molar-refractivity contribution in [2.75, 3.05) is 0 Å². The second-order valence-electron chi connectivity index (χ2n) is 3.78. The maximum atomic E-state index is 12.0. The minimum atomic E-state index is -3.94. The molecule has 6 heteroatoms. The second-order valence-corrected chi connectivity index (χ2v) is 6.71. The molecule has 0 saturated carbocycles. The Morgan fingerprint density at radius 1 is 1.38 bits per heavy atom. The Bertz CT molecular complexity index is 519. The average molecular weight is 263 g/mol. The van der Waals surface area contributed by atoms with Gasteiger partial charge in [0.2, 0.25) is 0 Å². The Morgan fingerprint density at radius 3 is 2.38 bits per heavy atom. The molecule has 0 bridgehead atoms. The molecule has 0 saturated heterocycles. The van der Waals surface area contributed by atoms with Crippen molar-refractivity contribution >= 4 is 27.4 Å². The highest BCUT2D eigenvalue weighted by Gasteiger charge is 2.42. The Balaban J connectivity index is 3.39. The average Bonchev–Trinajstić information content (AvgIpc) is 2.17. The van der Waals surface area contributed by atoms with E-state index in [0.717, 1.165) is 13.8 Å². The number of carboxylic acids is 1. The first-order chi connectivity index (χ1) is 7.19. The maximum absolute atomic E-state index is 12.0. The van der Waals surface area contributed by atoms with Gasteiger partial charge in [0.15, 0.2) is 14.6 Å². The summed E-state index contributed by atoms with van der Waals surface area (Å²) in [6, 6.07) is 5.55. The van der Waals surface area contributed by atoms with Crippen LogP contribution in [0.25, 0.3) is 0 Å². The monoisotopic (exact) mass is 262 g/mol. The first-order valence-electron chi connectivity index (χ1n) is 4.43. The lowest BCUT2D eigenvalue weighted by Crippen LogP contribution is -2.40. The van der Waals surface area contributed by atoms with Crippen LogP contribution in [0.5, 0.6) is 0 Å². The SMILES string of the molecule is CC(C)(C(=O)O)S(=O)(=O)c1cccc(Cl)c1. The molecule has 1 N–H and O–H groups in total. The lowest BCUT2D eigenvalue weighted by Gasteiger charge is -2.19. The van der Waals surface area contributed by atoms with Gasteiger partial charge in [-0.15, -0.1) is 0 Å².